The fourth-order valence-electron chi connectivity index (χ4n) is 3.63. The SMILES string of the molecule is CCC1(c2cccc(N)c2)C2CNCC21. The van der Waals surface area contributed by atoms with Gasteiger partial charge in [-0.1, -0.05) is 19.1 Å². The van der Waals surface area contributed by atoms with Gasteiger partial charge in [0.25, 0.3) is 0 Å². The highest BCUT2D eigenvalue weighted by Crippen LogP contribution is 2.63. The molecule has 0 aromatic heterocycles. The number of nitrogens with two attached hydrogens (primary N) is 1. The Morgan fingerprint density at radius 3 is 2.73 bits per heavy atom. The summed E-state index contributed by atoms with van der Waals surface area (Å²) in [6, 6.07) is 8.48. The summed E-state index contributed by atoms with van der Waals surface area (Å²) in [6.07, 6.45) is 1.24. The van der Waals surface area contributed by atoms with E-state index in [0.29, 0.717) is 5.41 Å². The second kappa shape index (κ2) is 2.99. The number of fused-ring (bicyclic) bond motifs is 1. The summed E-state index contributed by atoms with van der Waals surface area (Å²) in [5, 5.41) is 3.46. The Morgan fingerprint density at radius 1 is 1.40 bits per heavy atom. The summed E-state index contributed by atoms with van der Waals surface area (Å²) in [7, 11) is 0. The van der Waals surface area contributed by atoms with Crippen molar-refractivity contribution in [2.24, 2.45) is 11.8 Å². The van der Waals surface area contributed by atoms with Crippen molar-refractivity contribution in [3.8, 4) is 0 Å². The van der Waals surface area contributed by atoms with Gasteiger partial charge in [-0.2, -0.15) is 0 Å². The topological polar surface area (TPSA) is 38.0 Å². The minimum Gasteiger partial charge on any atom is -0.399 e. The number of hydrogen-bond acceptors (Lipinski definition) is 2. The van der Waals surface area contributed by atoms with E-state index in [4.69, 9.17) is 5.73 Å². The summed E-state index contributed by atoms with van der Waals surface area (Å²) >= 11 is 0. The first-order valence-corrected chi connectivity index (χ1v) is 5.85. The molecule has 1 aliphatic carbocycles. The Hall–Kier alpha value is -1.02. The van der Waals surface area contributed by atoms with Gasteiger partial charge in [0.2, 0.25) is 0 Å². The first kappa shape index (κ1) is 9.22. The van der Waals surface area contributed by atoms with Gasteiger partial charge in [-0.3, -0.25) is 0 Å². The predicted octanol–water partition coefficient (Wildman–Crippen LogP) is 1.77. The van der Waals surface area contributed by atoms with Crippen molar-refractivity contribution in [3.05, 3.63) is 29.8 Å². The minimum absolute atomic E-state index is 0.445. The molecule has 3 N–H and O–H groups in total. The Kier molecular flexibility index (Phi) is 1.84. The third-order valence-electron chi connectivity index (χ3n) is 4.44. The Labute approximate surface area is 90.9 Å². The van der Waals surface area contributed by atoms with Crippen LogP contribution in [0.15, 0.2) is 24.3 Å². The molecule has 2 heteroatoms. The Balaban J connectivity index is 1.99. The predicted molar refractivity (Wildman–Crippen MR) is 62.7 cm³/mol. The fraction of sp³-hybridized carbons (Fsp3) is 0.538. The first-order valence-electron chi connectivity index (χ1n) is 5.85. The molecule has 1 aromatic rings. The van der Waals surface area contributed by atoms with Crippen LogP contribution in [0.25, 0.3) is 0 Å². The molecule has 1 aromatic carbocycles. The zero-order valence-corrected chi connectivity index (χ0v) is 9.16. The maximum Gasteiger partial charge on any atom is 0.0316 e. The van der Waals surface area contributed by atoms with Crippen LogP contribution >= 0.6 is 0 Å². The molecule has 1 heterocycles. The zero-order chi connectivity index (χ0) is 10.5. The van der Waals surface area contributed by atoms with Gasteiger partial charge in [-0.15, -0.1) is 0 Å². The molecule has 80 valence electrons. The normalized spacial score (nSPS) is 37.7. The van der Waals surface area contributed by atoms with Crippen molar-refractivity contribution in [3.63, 3.8) is 0 Å². The number of benzene rings is 1. The number of rotatable bonds is 2. The molecule has 1 saturated heterocycles. The number of anilines is 1. The lowest BCUT2D eigenvalue weighted by Crippen LogP contribution is -2.24. The monoisotopic (exact) mass is 202 g/mol. The van der Waals surface area contributed by atoms with Crippen molar-refractivity contribution in [1.82, 2.24) is 5.32 Å². The summed E-state index contributed by atoms with van der Waals surface area (Å²) in [5.74, 6) is 1.70. The van der Waals surface area contributed by atoms with Crippen LogP contribution in [-0.2, 0) is 5.41 Å². The molecule has 1 aliphatic heterocycles. The summed E-state index contributed by atoms with van der Waals surface area (Å²) in [4.78, 5) is 0. The van der Waals surface area contributed by atoms with Crippen molar-refractivity contribution < 1.29 is 0 Å². The third kappa shape index (κ3) is 1.08. The Bertz CT molecular complexity index is 376. The van der Waals surface area contributed by atoms with Gasteiger partial charge >= 0.3 is 0 Å². The van der Waals surface area contributed by atoms with Crippen LogP contribution in [0.2, 0.25) is 0 Å². The number of nitrogen functional groups attached to an aromatic ring is 1. The van der Waals surface area contributed by atoms with Crippen molar-refractivity contribution >= 4 is 5.69 Å². The highest BCUT2D eigenvalue weighted by Gasteiger charge is 2.65. The molecule has 1 saturated carbocycles. The molecule has 0 bridgehead atoms. The second-order valence-corrected chi connectivity index (χ2v) is 4.89. The maximum atomic E-state index is 5.87. The average molecular weight is 202 g/mol. The van der Waals surface area contributed by atoms with Gasteiger partial charge in [-0.05, 0) is 49.0 Å². The van der Waals surface area contributed by atoms with E-state index in [-0.39, 0.29) is 0 Å². The molecule has 0 spiro atoms. The van der Waals surface area contributed by atoms with E-state index in [1.807, 2.05) is 6.07 Å². The number of piperidine rings is 1. The second-order valence-electron chi connectivity index (χ2n) is 4.89. The molecule has 3 rings (SSSR count). The van der Waals surface area contributed by atoms with Crippen LogP contribution in [0.1, 0.15) is 18.9 Å². The average Bonchev–Trinajstić information content (AvgIpc) is 2.62. The number of hydrogen-bond donors (Lipinski definition) is 2. The van der Waals surface area contributed by atoms with E-state index in [1.165, 1.54) is 25.1 Å². The molecule has 2 nitrogen and oxygen atoms in total. The van der Waals surface area contributed by atoms with Gasteiger partial charge in [0, 0.05) is 11.1 Å². The molecule has 2 aliphatic rings. The van der Waals surface area contributed by atoms with E-state index in [9.17, 15) is 0 Å². The molecule has 2 unspecified atom stereocenters. The molecule has 0 amide bonds. The van der Waals surface area contributed by atoms with Crippen LogP contribution in [-0.4, -0.2) is 13.1 Å². The molecule has 2 fully saturated rings. The Morgan fingerprint density at radius 2 is 2.13 bits per heavy atom. The fourth-order valence-corrected chi connectivity index (χ4v) is 3.63. The van der Waals surface area contributed by atoms with Crippen molar-refractivity contribution in [1.29, 1.82) is 0 Å². The van der Waals surface area contributed by atoms with Crippen molar-refractivity contribution in [2.45, 2.75) is 18.8 Å². The highest BCUT2D eigenvalue weighted by molar-refractivity contribution is 5.48. The van der Waals surface area contributed by atoms with Crippen LogP contribution < -0.4 is 11.1 Å². The lowest BCUT2D eigenvalue weighted by molar-refractivity contribution is 0.502. The third-order valence-corrected chi connectivity index (χ3v) is 4.44. The van der Waals surface area contributed by atoms with E-state index >= 15 is 0 Å². The smallest absolute Gasteiger partial charge is 0.0316 e. The summed E-state index contributed by atoms with van der Waals surface area (Å²) in [6.45, 7) is 4.68. The molecule has 15 heavy (non-hydrogen) atoms. The van der Waals surface area contributed by atoms with Crippen molar-refractivity contribution in [2.75, 3.05) is 18.8 Å². The first-order chi connectivity index (χ1) is 7.29. The van der Waals surface area contributed by atoms with Crippen LogP contribution in [0.3, 0.4) is 0 Å². The highest BCUT2D eigenvalue weighted by atomic mass is 15.0. The lowest BCUT2D eigenvalue weighted by atomic mass is 9.87. The van der Waals surface area contributed by atoms with Gasteiger partial charge in [0.05, 0.1) is 0 Å². The zero-order valence-electron chi connectivity index (χ0n) is 9.16. The molecule has 0 radical (unpaired) electrons. The van der Waals surface area contributed by atoms with Gasteiger partial charge in [-0.25, -0.2) is 0 Å². The largest absolute Gasteiger partial charge is 0.399 e. The summed E-state index contributed by atoms with van der Waals surface area (Å²) in [5.41, 5.74) is 8.68. The van der Waals surface area contributed by atoms with Gasteiger partial charge in [0.15, 0.2) is 0 Å². The van der Waals surface area contributed by atoms with Gasteiger partial charge < -0.3 is 11.1 Å². The summed E-state index contributed by atoms with van der Waals surface area (Å²) < 4.78 is 0. The van der Waals surface area contributed by atoms with E-state index in [1.54, 1.807) is 0 Å². The van der Waals surface area contributed by atoms with E-state index < -0.39 is 0 Å². The van der Waals surface area contributed by atoms with Crippen LogP contribution in [0, 0.1) is 11.8 Å². The van der Waals surface area contributed by atoms with E-state index in [2.05, 4.69) is 30.4 Å². The molecule has 2 atom stereocenters. The van der Waals surface area contributed by atoms with Gasteiger partial charge in [0.1, 0.15) is 0 Å². The number of nitrogens with one attached hydrogen (secondary N) is 1. The lowest BCUT2D eigenvalue weighted by Gasteiger charge is -2.20. The van der Waals surface area contributed by atoms with Crippen LogP contribution in [0.5, 0.6) is 0 Å². The molecular weight excluding hydrogens is 184 g/mol. The standard InChI is InChI=1S/C13H18N2/c1-2-13(11-7-15-8-12(11)13)9-4-3-5-10(14)6-9/h3-6,11-12,15H,2,7-8,14H2,1H3. The quantitative estimate of drug-likeness (QED) is 0.717. The maximum absolute atomic E-state index is 5.87. The van der Waals surface area contributed by atoms with Crippen LogP contribution in [0.4, 0.5) is 5.69 Å². The minimum atomic E-state index is 0.445. The van der Waals surface area contributed by atoms with E-state index in [0.717, 1.165) is 17.5 Å². The molecular formula is C13H18N2.